The molecule has 1 N–H and O–H groups in total. The highest BCUT2D eigenvalue weighted by atomic mass is 16.5. The molecule has 1 fully saturated rings. The van der Waals surface area contributed by atoms with Crippen LogP contribution in [0.15, 0.2) is 18.2 Å². The van der Waals surface area contributed by atoms with Crippen molar-refractivity contribution in [2.45, 2.75) is 31.6 Å². The largest absolute Gasteiger partial charge is 0.497 e. The fourth-order valence-corrected chi connectivity index (χ4v) is 3.36. The molecule has 0 bridgehead atoms. The molecule has 0 amide bonds. The van der Waals surface area contributed by atoms with Crippen LogP contribution >= 0.6 is 0 Å². The van der Waals surface area contributed by atoms with Gasteiger partial charge in [0.2, 0.25) is 0 Å². The van der Waals surface area contributed by atoms with Crippen LogP contribution in [0, 0.1) is 0 Å². The molecule has 5 nitrogen and oxygen atoms in total. The third-order valence-corrected chi connectivity index (χ3v) is 4.36. The molecule has 0 saturated carbocycles. The number of ether oxygens (including phenoxy) is 3. The highest BCUT2D eigenvalue weighted by molar-refractivity contribution is 5.45. The number of morpholine rings is 1. The van der Waals surface area contributed by atoms with Crippen molar-refractivity contribution in [1.82, 2.24) is 4.90 Å². The molecule has 21 heavy (non-hydrogen) atoms. The first-order valence-corrected chi connectivity index (χ1v) is 7.40. The van der Waals surface area contributed by atoms with Crippen molar-refractivity contribution in [2.24, 2.45) is 0 Å². The molecule has 0 spiro atoms. The molecular formula is C16H23NO4. The van der Waals surface area contributed by atoms with Gasteiger partial charge in [-0.05, 0) is 26.0 Å². The second-order valence-corrected chi connectivity index (χ2v) is 6.15. The third-order valence-electron chi connectivity index (χ3n) is 4.36. The van der Waals surface area contributed by atoms with Crippen LogP contribution < -0.4 is 9.47 Å². The molecule has 2 unspecified atom stereocenters. The van der Waals surface area contributed by atoms with Gasteiger partial charge in [-0.1, -0.05) is 0 Å². The summed E-state index contributed by atoms with van der Waals surface area (Å²) in [6.07, 6.45) is -0.576. The van der Waals surface area contributed by atoms with Crippen LogP contribution in [0.4, 0.5) is 0 Å². The minimum absolute atomic E-state index is 0.0812. The van der Waals surface area contributed by atoms with E-state index in [4.69, 9.17) is 14.2 Å². The van der Waals surface area contributed by atoms with Gasteiger partial charge in [-0.15, -0.1) is 0 Å². The highest BCUT2D eigenvalue weighted by Crippen LogP contribution is 2.43. The first-order chi connectivity index (χ1) is 10.0. The van der Waals surface area contributed by atoms with E-state index in [1.165, 1.54) is 0 Å². The van der Waals surface area contributed by atoms with E-state index in [9.17, 15) is 5.11 Å². The summed E-state index contributed by atoms with van der Waals surface area (Å²) in [5, 5.41) is 10.9. The molecule has 116 valence electrons. The second-order valence-electron chi connectivity index (χ2n) is 6.15. The quantitative estimate of drug-likeness (QED) is 0.897. The SMILES string of the molecule is COc1ccc2c(c1)OC(C)(C)C(N1CCOCC1)C2O. The van der Waals surface area contributed by atoms with Gasteiger partial charge in [0.05, 0.1) is 26.4 Å². The molecule has 2 aliphatic rings. The van der Waals surface area contributed by atoms with Gasteiger partial charge < -0.3 is 19.3 Å². The van der Waals surface area contributed by atoms with Crippen molar-refractivity contribution in [2.75, 3.05) is 33.4 Å². The summed E-state index contributed by atoms with van der Waals surface area (Å²) < 4.78 is 16.8. The molecule has 0 radical (unpaired) electrons. The van der Waals surface area contributed by atoms with Gasteiger partial charge >= 0.3 is 0 Å². The molecule has 5 heteroatoms. The van der Waals surface area contributed by atoms with E-state index in [1.54, 1.807) is 7.11 Å². The Hall–Kier alpha value is -1.30. The zero-order valence-corrected chi connectivity index (χ0v) is 12.8. The Balaban J connectivity index is 1.95. The molecule has 1 saturated heterocycles. The Labute approximate surface area is 125 Å². The lowest BCUT2D eigenvalue weighted by Crippen LogP contribution is -2.60. The van der Waals surface area contributed by atoms with E-state index in [0.717, 1.165) is 24.4 Å². The van der Waals surface area contributed by atoms with Gasteiger partial charge in [-0.3, -0.25) is 4.90 Å². The fourth-order valence-electron chi connectivity index (χ4n) is 3.36. The first kappa shape index (κ1) is 14.6. The topological polar surface area (TPSA) is 51.2 Å². The maximum Gasteiger partial charge on any atom is 0.129 e. The number of rotatable bonds is 2. The number of hydrogen-bond donors (Lipinski definition) is 1. The van der Waals surface area contributed by atoms with Crippen LogP contribution in [-0.4, -0.2) is 55.1 Å². The molecular weight excluding hydrogens is 270 g/mol. The third kappa shape index (κ3) is 2.61. The minimum Gasteiger partial charge on any atom is -0.497 e. The van der Waals surface area contributed by atoms with E-state index >= 15 is 0 Å². The molecule has 2 aliphatic heterocycles. The molecule has 1 aromatic rings. The number of methoxy groups -OCH3 is 1. The second kappa shape index (κ2) is 5.48. The van der Waals surface area contributed by atoms with Crippen LogP contribution in [0.5, 0.6) is 11.5 Å². The number of fused-ring (bicyclic) bond motifs is 1. The molecule has 1 aromatic carbocycles. The van der Waals surface area contributed by atoms with Gasteiger partial charge in [0, 0.05) is 24.7 Å². The van der Waals surface area contributed by atoms with Crippen LogP contribution in [0.1, 0.15) is 25.5 Å². The Morgan fingerprint density at radius 2 is 2.00 bits per heavy atom. The maximum atomic E-state index is 10.9. The van der Waals surface area contributed by atoms with Crippen LogP contribution in [0.2, 0.25) is 0 Å². The van der Waals surface area contributed by atoms with Crippen LogP contribution in [0.3, 0.4) is 0 Å². The van der Waals surface area contributed by atoms with Crippen molar-refractivity contribution in [3.63, 3.8) is 0 Å². The molecule has 2 heterocycles. The Morgan fingerprint density at radius 1 is 1.29 bits per heavy atom. The molecule has 3 rings (SSSR count). The normalized spacial score (nSPS) is 28.6. The van der Waals surface area contributed by atoms with Crippen molar-refractivity contribution in [1.29, 1.82) is 0 Å². The molecule has 0 aromatic heterocycles. The Morgan fingerprint density at radius 3 is 2.67 bits per heavy atom. The van der Waals surface area contributed by atoms with Crippen LogP contribution in [-0.2, 0) is 4.74 Å². The van der Waals surface area contributed by atoms with Crippen molar-refractivity contribution < 1.29 is 19.3 Å². The number of aliphatic hydroxyl groups excluding tert-OH is 1. The van der Waals surface area contributed by atoms with Gasteiger partial charge in [0.15, 0.2) is 0 Å². The first-order valence-electron chi connectivity index (χ1n) is 7.40. The average molecular weight is 293 g/mol. The van der Waals surface area contributed by atoms with E-state index in [1.807, 2.05) is 32.0 Å². The van der Waals surface area contributed by atoms with E-state index < -0.39 is 11.7 Å². The lowest BCUT2D eigenvalue weighted by Gasteiger charge is -2.49. The summed E-state index contributed by atoms with van der Waals surface area (Å²) in [7, 11) is 1.63. The van der Waals surface area contributed by atoms with Crippen molar-refractivity contribution >= 4 is 0 Å². The Bertz CT molecular complexity index is 511. The predicted molar refractivity (Wildman–Crippen MR) is 78.8 cm³/mol. The summed E-state index contributed by atoms with van der Waals surface area (Å²) in [6, 6.07) is 5.51. The lowest BCUT2D eigenvalue weighted by molar-refractivity contribution is -0.106. The van der Waals surface area contributed by atoms with Gasteiger partial charge in [0.1, 0.15) is 23.2 Å². The van der Waals surface area contributed by atoms with Gasteiger partial charge in [-0.2, -0.15) is 0 Å². The zero-order valence-electron chi connectivity index (χ0n) is 12.8. The summed E-state index contributed by atoms with van der Waals surface area (Å²) >= 11 is 0. The van der Waals surface area contributed by atoms with E-state index in [0.29, 0.717) is 19.0 Å². The zero-order chi connectivity index (χ0) is 15.0. The van der Waals surface area contributed by atoms with Gasteiger partial charge in [-0.25, -0.2) is 0 Å². The average Bonchev–Trinajstić information content (AvgIpc) is 2.46. The monoisotopic (exact) mass is 293 g/mol. The van der Waals surface area contributed by atoms with E-state index in [-0.39, 0.29) is 6.04 Å². The summed E-state index contributed by atoms with van der Waals surface area (Å²) in [4.78, 5) is 2.27. The van der Waals surface area contributed by atoms with Gasteiger partial charge in [0.25, 0.3) is 0 Å². The number of benzene rings is 1. The molecule has 0 aliphatic carbocycles. The van der Waals surface area contributed by atoms with Crippen molar-refractivity contribution in [3.05, 3.63) is 23.8 Å². The summed E-state index contributed by atoms with van der Waals surface area (Å²) in [5.41, 5.74) is 0.350. The summed E-state index contributed by atoms with van der Waals surface area (Å²) in [6.45, 7) is 7.10. The number of hydrogen-bond acceptors (Lipinski definition) is 5. The smallest absolute Gasteiger partial charge is 0.129 e. The standard InChI is InChI=1S/C16H23NO4/c1-16(2)15(17-6-8-20-9-7-17)14(18)12-5-4-11(19-3)10-13(12)21-16/h4-5,10,14-15,18H,6-9H2,1-3H3. The Kier molecular flexibility index (Phi) is 3.82. The van der Waals surface area contributed by atoms with Crippen LogP contribution in [0.25, 0.3) is 0 Å². The maximum absolute atomic E-state index is 10.9. The van der Waals surface area contributed by atoms with Crippen molar-refractivity contribution in [3.8, 4) is 11.5 Å². The lowest BCUT2D eigenvalue weighted by atomic mass is 9.84. The molecule has 2 atom stereocenters. The fraction of sp³-hybridized carbons (Fsp3) is 0.625. The highest BCUT2D eigenvalue weighted by Gasteiger charge is 2.46. The number of aliphatic hydroxyl groups is 1. The minimum atomic E-state index is -0.576. The predicted octanol–water partition coefficient (Wildman–Crippen LogP) is 1.60. The number of nitrogens with zero attached hydrogens (tertiary/aromatic N) is 1. The van der Waals surface area contributed by atoms with E-state index in [2.05, 4.69) is 4.90 Å². The summed E-state index contributed by atoms with van der Waals surface area (Å²) in [5.74, 6) is 1.44.